The molecule has 0 radical (unpaired) electrons. The first-order chi connectivity index (χ1) is 20.6. The van der Waals surface area contributed by atoms with Crippen LogP contribution in [0.15, 0.2) is 83.4 Å². The molecule has 2 aromatic carbocycles. The third kappa shape index (κ3) is 6.40. The molecule has 43 heavy (non-hydrogen) atoms. The largest absolute Gasteiger partial charge is 0.370 e. The number of amides is 3. The summed E-state index contributed by atoms with van der Waals surface area (Å²) in [7, 11) is -4.20. The average molecular weight is 622 g/mol. The highest BCUT2D eigenvalue weighted by molar-refractivity contribution is 7.89. The van der Waals surface area contributed by atoms with Gasteiger partial charge in [-0.2, -0.15) is 4.31 Å². The SMILES string of the molecule is NC(=O)CC1CN(S(=O)(=O)c2ccc3cc(Cl)ccc3c2)CC(CC(=O)N=O)N1C(=O)c1cnc(-c2ccncc2)nc1. The zero-order valence-corrected chi connectivity index (χ0v) is 24.0. The normalized spacial score (nSPS) is 17.5. The van der Waals surface area contributed by atoms with Crippen LogP contribution < -0.4 is 5.73 Å². The molecule has 1 aliphatic heterocycles. The van der Waals surface area contributed by atoms with Crippen LogP contribution in [-0.2, 0) is 19.6 Å². The number of hydrogen-bond acceptors (Lipinski definition) is 9. The summed E-state index contributed by atoms with van der Waals surface area (Å²) >= 11 is 6.05. The number of carbonyl (C=O) groups is 3. The van der Waals surface area contributed by atoms with E-state index in [0.717, 1.165) is 9.69 Å². The predicted molar refractivity (Wildman–Crippen MR) is 156 cm³/mol. The third-order valence-corrected chi connectivity index (χ3v) is 9.11. The summed E-state index contributed by atoms with van der Waals surface area (Å²) in [6, 6.07) is 10.7. The maximum absolute atomic E-state index is 13.8. The van der Waals surface area contributed by atoms with Crippen molar-refractivity contribution in [3.8, 4) is 11.4 Å². The van der Waals surface area contributed by atoms with Gasteiger partial charge in [-0.1, -0.05) is 23.7 Å². The molecule has 0 saturated carbocycles. The Morgan fingerprint density at radius 1 is 0.930 bits per heavy atom. The van der Waals surface area contributed by atoms with Gasteiger partial charge in [-0.05, 0) is 47.2 Å². The van der Waals surface area contributed by atoms with Crippen molar-refractivity contribution in [3.05, 3.63) is 88.8 Å². The number of nitroso groups, excluding NO2 is 1. The van der Waals surface area contributed by atoms with Gasteiger partial charge in [0, 0.05) is 60.1 Å². The minimum atomic E-state index is -4.20. The van der Waals surface area contributed by atoms with E-state index in [1.54, 1.807) is 48.8 Å². The van der Waals surface area contributed by atoms with Gasteiger partial charge in [0.2, 0.25) is 15.9 Å². The van der Waals surface area contributed by atoms with Gasteiger partial charge in [-0.25, -0.2) is 18.4 Å². The lowest BCUT2D eigenvalue weighted by molar-refractivity contribution is -0.120. The molecule has 0 spiro atoms. The number of aromatic nitrogens is 3. The molecule has 3 amide bonds. The molecule has 1 saturated heterocycles. The summed E-state index contributed by atoms with van der Waals surface area (Å²) in [6.45, 7) is -0.649. The highest BCUT2D eigenvalue weighted by Crippen LogP contribution is 2.30. The molecule has 0 bridgehead atoms. The van der Waals surface area contributed by atoms with Gasteiger partial charge in [0.15, 0.2) is 5.82 Å². The van der Waals surface area contributed by atoms with Gasteiger partial charge in [-0.3, -0.25) is 19.4 Å². The zero-order chi connectivity index (χ0) is 30.7. The maximum atomic E-state index is 13.8. The lowest BCUT2D eigenvalue weighted by Crippen LogP contribution is -2.62. The number of carbonyl (C=O) groups excluding carboxylic acids is 3. The quantitative estimate of drug-likeness (QED) is 0.289. The highest BCUT2D eigenvalue weighted by atomic mass is 35.5. The van der Waals surface area contributed by atoms with Crippen LogP contribution in [0.2, 0.25) is 5.02 Å². The second-order valence-corrected chi connectivity index (χ2v) is 12.3. The van der Waals surface area contributed by atoms with Gasteiger partial charge >= 0.3 is 0 Å². The molecule has 2 aromatic heterocycles. The Hall–Kier alpha value is -4.66. The van der Waals surface area contributed by atoms with Gasteiger partial charge in [0.1, 0.15) is 0 Å². The Morgan fingerprint density at radius 3 is 2.21 bits per heavy atom. The molecular weight excluding hydrogens is 598 g/mol. The van der Waals surface area contributed by atoms with E-state index in [-0.39, 0.29) is 23.5 Å². The molecule has 0 aliphatic carbocycles. The summed E-state index contributed by atoms with van der Waals surface area (Å²) < 4.78 is 28.7. The number of rotatable bonds is 8. The molecular formula is C28H24ClN7O6S. The smallest absolute Gasteiger partial charge is 0.288 e. The summed E-state index contributed by atoms with van der Waals surface area (Å²) in [5, 5.41) is 4.29. The van der Waals surface area contributed by atoms with Gasteiger partial charge in [0.25, 0.3) is 11.8 Å². The van der Waals surface area contributed by atoms with E-state index in [2.05, 4.69) is 20.1 Å². The Morgan fingerprint density at radius 2 is 1.56 bits per heavy atom. The van der Waals surface area contributed by atoms with Crippen LogP contribution in [0.5, 0.6) is 0 Å². The van der Waals surface area contributed by atoms with E-state index < -0.39 is 52.7 Å². The number of piperazine rings is 1. The topological polar surface area (TPSA) is 186 Å². The molecule has 15 heteroatoms. The number of sulfonamides is 1. The highest BCUT2D eigenvalue weighted by Gasteiger charge is 2.43. The minimum Gasteiger partial charge on any atom is -0.370 e. The van der Waals surface area contributed by atoms with E-state index in [4.69, 9.17) is 17.3 Å². The minimum absolute atomic E-state index is 0.0216. The lowest BCUT2D eigenvalue weighted by Gasteiger charge is -2.45. The number of benzene rings is 2. The zero-order valence-electron chi connectivity index (χ0n) is 22.4. The molecule has 13 nitrogen and oxygen atoms in total. The first-order valence-electron chi connectivity index (χ1n) is 13.0. The lowest BCUT2D eigenvalue weighted by atomic mass is 10.0. The standard InChI is InChI=1S/C28H24ClN7O6S/c29-21-3-1-19-10-24(4-2-18(19)9-21)43(41,42)35-15-22(11-25(30)37)36(23(16-35)12-26(38)34-40)28(39)20-13-32-27(33-14-20)17-5-7-31-8-6-17/h1-10,13-14,22-23H,11-12,15-16H2,(H2,30,37). The fraction of sp³-hybridized carbons (Fsp3) is 0.214. The van der Waals surface area contributed by atoms with Crippen molar-refractivity contribution in [3.63, 3.8) is 0 Å². The van der Waals surface area contributed by atoms with Crippen LogP contribution in [0.1, 0.15) is 23.2 Å². The molecule has 220 valence electrons. The average Bonchev–Trinajstić information content (AvgIpc) is 3.00. The first-order valence-corrected chi connectivity index (χ1v) is 14.8. The third-order valence-electron chi connectivity index (χ3n) is 7.05. The number of halogens is 1. The molecule has 2 unspecified atom stereocenters. The number of pyridine rings is 1. The van der Waals surface area contributed by atoms with Crippen LogP contribution in [-0.4, -0.2) is 75.5 Å². The van der Waals surface area contributed by atoms with Crippen LogP contribution in [0.25, 0.3) is 22.2 Å². The van der Waals surface area contributed by atoms with Crippen molar-refractivity contribution in [1.29, 1.82) is 0 Å². The molecule has 5 rings (SSSR count). The summed E-state index contributed by atoms with van der Waals surface area (Å²) in [4.78, 5) is 62.8. The van der Waals surface area contributed by atoms with Crippen LogP contribution in [0.4, 0.5) is 0 Å². The Bertz CT molecular complexity index is 1820. The number of hydrogen-bond donors (Lipinski definition) is 1. The van der Waals surface area contributed by atoms with E-state index in [1.165, 1.54) is 29.4 Å². The molecule has 1 fully saturated rings. The van der Waals surface area contributed by atoms with E-state index >= 15 is 0 Å². The fourth-order valence-electron chi connectivity index (χ4n) is 5.09. The van der Waals surface area contributed by atoms with Crippen molar-refractivity contribution in [2.45, 2.75) is 29.8 Å². The van der Waals surface area contributed by atoms with Gasteiger partial charge in [0.05, 0.1) is 29.0 Å². The molecule has 1 aliphatic rings. The van der Waals surface area contributed by atoms with Gasteiger partial charge in [-0.15, -0.1) is 4.91 Å². The molecule has 4 aromatic rings. The van der Waals surface area contributed by atoms with Crippen LogP contribution in [0.3, 0.4) is 0 Å². The summed E-state index contributed by atoms with van der Waals surface area (Å²) in [5.41, 5.74) is 6.19. The second kappa shape index (κ2) is 12.3. The number of nitrogens with zero attached hydrogens (tertiary/aromatic N) is 6. The summed E-state index contributed by atoms with van der Waals surface area (Å²) in [6.07, 6.45) is 4.71. The van der Waals surface area contributed by atoms with Crippen molar-refractivity contribution >= 4 is 50.1 Å². The molecule has 3 heterocycles. The van der Waals surface area contributed by atoms with E-state index in [1.807, 2.05) is 0 Å². The van der Waals surface area contributed by atoms with Crippen molar-refractivity contribution < 1.29 is 22.8 Å². The Balaban J connectivity index is 1.50. The maximum Gasteiger partial charge on any atom is 0.288 e. The Kier molecular flexibility index (Phi) is 8.52. The van der Waals surface area contributed by atoms with Crippen molar-refractivity contribution in [1.82, 2.24) is 24.2 Å². The van der Waals surface area contributed by atoms with Gasteiger partial charge < -0.3 is 10.6 Å². The predicted octanol–water partition coefficient (Wildman–Crippen LogP) is 2.79. The monoisotopic (exact) mass is 621 g/mol. The Labute approximate surface area is 250 Å². The van der Waals surface area contributed by atoms with Crippen molar-refractivity contribution in [2.75, 3.05) is 13.1 Å². The van der Waals surface area contributed by atoms with Crippen LogP contribution >= 0.6 is 11.6 Å². The first kappa shape index (κ1) is 29.8. The van der Waals surface area contributed by atoms with E-state index in [9.17, 15) is 27.7 Å². The summed E-state index contributed by atoms with van der Waals surface area (Å²) in [5.74, 6) is -2.23. The van der Waals surface area contributed by atoms with Crippen molar-refractivity contribution in [2.24, 2.45) is 10.9 Å². The molecule has 2 N–H and O–H groups in total. The fourth-order valence-corrected chi connectivity index (χ4v) is 6.82. The number of primary amides is 1. The molecule has 2 atom stereocenters. The number of fused-ring (bicyclic) bond motifs is 1. The second-order valence-electron chi connectivity index (χ2n) is 9.89. The van der Waals surface area contributed by atoms with E-state index in [0.29, 0.717) is 21.8 Å². The number of nitrogens with two attached hydrogens (primary N) is 1. The van der Waals surface area contributed by atoms with Crippen LogP contribution in [0, 0.1) is 4.91 Å².